The maximum Gasteiger partial charge on any atom is 0.351 e. The lowest BCUT2D eigenvalue weighted by molar-refractivity contribution is 0.0681. The van der Waals surface area contributed by atoms with Gasteiger partial charge in [0.25, 0.3) is 0 Å². The zero-order chi connectivity index (χ0) is 68.5. The molecule has 28 nitrogen and oxygen atoms in total. The van der Waals surface area contributed by atoms with E-state index in [9.17, 15) is 58.8 Å². The summed E-state index contributed by atoms with van der Waals surface area (Å²) in [6, 6.07) is 43.4. The first-order chi connectivity index (χ1) is 48.3. The second-order valence-corrected chi connectivity index (χ2v) is 22.7. The minimum absolute atomic E-state index is 0.0651. The molecule has 9 heterocycles. The topological polar surface area (TPSA) is 416 Å². The van der Waals surface area contributed by atoms with E-state index in [0.717, 1.165) is 0 Å². The molecule has 17 rings (SSSR count). The van der Waals surface area contributed by atoms with Gasteiger partial charge in [0.2, 0.25) is 0 Å². The van der Waals surface area contributed by atoms with Gasteiger partial charge in [0.1, 0.15) is 113 Å². The van der Waals surface area contributed by atoms with Crippen LogP contribution in [0.15, 0.2) is 207 Å². The maximum absolute atomic E-state index is 12.6. The first-order valence-electron chi connectivity index (χ1n) is 29.7. The van der Waals surface area contributed by atoms with Gasteiger partial charge >= 0.3 is 46.4 Å². The number of carboxylic acid groups (broad SMARTS) is 4. The van der Waals surface area contributed by atoms with Gasteiger partial charge < -0.3 is 67.0 Å². The molecule has 0 saturated heterocycles. The Morgan fingerprint density at radius 3 is 0.830 bits per heavy atom. The molecular formula is C72H34N8O20. The maximum atomic E-state index is 12.6. The number of fused-ring (bicyclic) bond motifs is 24. The number of nitrogens with zero attached hydrogens (tertiary/aromatic N) is 6. The summed E-state index contributed by atoms with van der Waals surface area (Å²) in [5, 5.41) is 41.5. The molecule has 0 fully saturated rings. The molecule has 0 saturated carbocycles. The van der Waals surface area contributed by atoms with Crippen LogP contribution in [-0.2, 0) is 0 Å². The van der Waals surface area contributed by atoms with E-state index in [4.69, 9.17) is 66.5 Å². The Balaban J connectivity index is 0.860. The number of ether oxygens (including phenoxy) is 4. The van der Waals surface area contributed by atoms with Gasteiger partial charge in [-0.1, -0.05) is 0 Å². The first kappa shape index (κ1) is 58.8. The van der Waals surface area contributed by atoms with E-state index in [-0.39, 0.29) is 114 Å². The lowest BCUT2D eigenvalue weighted by atomic mass is 10.1. The fourth-order valence-electron chi connectivity index (χ4n) is 11.7. The molecule has 8 bridgehead atoms. The summed E-state index contributed by atoms with van der Waals surface area (Å²) in [6.45, 7) is 0. The number of carboxylic acids is 4. The molecule has 15 aromatic rings. The molecule has 0 atom stereocenters. The normalized spacial score (nSPS) is 11.7. The molecule has 0 spiro atoms. The van der Waals surface area contributed by atoms with E-state index in [0.29, 0.717) is 65.3 Å². The van der Waals surface area contributed by atoms with E-state index in [1.165, 1.54) is 48.5 Å². The van der Waals surface area contributed by atoms with E-state index >= 15 is 0 Å². The predicted octanol–water partition coefficient (Wildman–Crippen LogP) is 13.3. The van der Waals surface area contributed by atoms with Crippen LogP contribution in [0.5, 0.6) is 46.0 Å². The summed E-state index contributed by atoms with van der Waals surface area (Å²) in [7, 11) is 0. The summed E-state index contributed by atoms with van der Waals surface area (Å²) < 4.78 is 47.0. The molecule has 482 valence electrons. The van der Waals surface area contributed by atoms with Crippen molar-refractivity contribution in [2.45, 2.75) is 0 Å². The quantitative estimate of drug-likeness (QED) is 0.0619. The van der Waals surface area contributed by atoms with Crippen LogP contribution in [0.2, 0.25) is 0 Å². The molecule has 100 heavy (non-hydrogen) atoms. The zero-order valence-corrected chi connectivity index (χ0v) is 50.2. The number of aromatic nitrogens is 8. The Hall–Kier alpha value is -15.0. The Morgan fingerprint density at radius 1 is 0.280 bits per heavy atom. The van der Waals surface area contributed by atoms with Crippen molar-refractivity contribution >= 4 is 112 Å². The summed E-state index contributed by atoms with van der Waals surface area (Å²) in [4.78, 5) is 135. The minimum Gasteiger partial charge on any atom is -0.477 e. The number of hydrogen-bond acceptors (Lipinski definition) is 22. The summed E-state index contributed by atoms with van der Waals surface area (Å²) in [5.74, 6) is -3.25. The van der Waals surface area contributed by atoms with Gasteiger partial charge in [0.05, 0.1) is 0 Å². The van der Waals surface area contributed by atoms with E-state index < -0.39 is 68.6 Å². The van der Waals surface area contributed by atoms with Crippen LogP contribution < -0.4 is 41.4 Å². The first-order valence-corrected chi connectivity index (χ1v) is 29.7. The van der Waals surface area contributed by atoms with E-state index in [2.05, 4.69) is 9.97 Å². The number of benzene rings is 8. The molecule has 0 unspecified atom stereocenters. The fourth-order valence-corrected chi connectivity index (χ4v) is 11.7. The number of H-pyrrole nitrogens is 2. The van der Waals surface area contributed by atoms with Crippen LogP contribution in [0.1, 0.15) is 41.4 Å². The van der Waals surface area contributed by atoms with Crippen LogP contribution in [0.3, 0.4) is 0 Å². The highest BCUT2D eigenvalue weighted by Gasteiger charge is 2.26. The van der Waals surface area contributed by atoms with Crippen molar-refractivity contribution in [3.05, 3.63) is 234 Å². The van der Waals surface area contributed by atoms with Crippen LogP contribution in [-0.4, -0.2) is 84.2 Å². The Morgan fingerprint density at radius 2 is 0.530 bits per heavy atom. The SMILES string of the molecule is O=C(O)c1cc2ccc(Oc3ccc4c(c3)-c3nc-4nc4[nH]c(nc5nc(nc6[nH]c(n3)c3ccc(Oc7ccc8cc(C(=O)O)c(=O)oc8c7)cc63)-c3ccc(Oc6ccc7cc(C(=O)O)c(=O)oc7c6)cc3-5)c3ccc(Oc5ccc6cc(C(=O)O)c(=O)oc6c5)cc43)cc2oc1=O. The highest BCUT2D eigenvalue weighted by molar-refractivity contribution is 6.07. The molecule has 2 aliphatic rings. The Bertz CT molecular complexity index is 6310. The van der Waals surface area contributed by atoms with Gasteiger partial charge in [0.15, 0.2) is 23.3 Å². The molecule has 2 aliphatic heterocycles. The zero-order valence-electron chi connectivity index (χ0n) is 50.2. The monoisotopic (exact) mass is 1330 g/mol. The van der Waals surface area contributed by atoms with Gasteiger partial charge in [-0.2, -0.15) is 0 Å². The second kappa shape index (κ2) is 22.3. The van der Waals surface area contributed by atoms with Crippen molar-refractivity contribution in [3.63, 3.8) is 0 Å². The van der Waals surface area contributed by atoms with Crippen molar-refractivity contribution in [3.8, 4) is 91.5 Å². The average molecular weight is 1330 g/mol. The lowest BCUT2D eigenvalue weighted by Gasteiger charge is -2.08. The molecule has 28 heteroatoms. The number of rotatable bonds is 12. The molecule has 7 aromatic heterocycles. The number of aromatic amines is 2. The van der Waals surface area contributed by atoms with Crippen LogP contribution in [0.4, 0.5) is 0 Å². The minimum atomic E-state index is -1.45. The third-order valence-corrected chi connectivity index (χ3v) is 16.4. The van der Waals surface area contributed by atoms with Crippen molar-refractivity contribution in [2.24, 2.45) is 0 Å². The van der Waals surface area contributed by atoms with Gasteiger partial charge in [-0.25, -0.2) is 68.3 Å². The number of aromatic carboxylic acids is 4. The molecule has 8 aromatic carbocycles. The standard InChI is InChI=1S/C72H34N8O20/c81-65(82)49-17-29-1-5-37(25-53(29)97-69(49)89)93-33-9-13-41-45(21-33)61-73-57(41)78-62-47-23-35(95-39-7-3-31-19-51(67(85)86)71(91)99-55(31)27-39)11-15-43(47)59(75-62)80-64-48-24-36(96-40-8-4-32-20-52(68(87)88)72(92)100-56(32)28-40)12-16-44(48)60(76-64)79-63-46-22-34(10-14-42(46)58(74-63)77-61)94-38-6-2-30-18-50(66(83)84)70(90)98-54(30)26-38/h1-28H,(H,81,82)(H,83,84)(H,85,86)(H,87,88)(H2,73,74,75,76,77,78,79,80). The summed E-state index contributed by atoms with van der Waals surface area (Å²) >= 11 is 0. The molecular weight excluding hydrogens is 1300 g/mol. The lowest BCUT2D eigenvalue weighted by Crippen LogP contribution is -2.12. The Labute approximate surface area is 551 Å². The van der Waals surface area contributed by atoms with Crippen LogP contribution in [0, 0.1) is 0 Å². The van der Waals surface area contributed by atoms with Crippen molar-refractivity contribution in [1.82, 2.24) is 39.9 Å². The second-order valence-electron chi connectivity index (χ2n) is 22.7. The average Bonchev–Trinajstić information content (AvgIpc) is 1.58. The molecule has 0 aliphatic carbocycles. The van der Waals surface area contributed by atoms with Crippen molar-refractivity contribution < 1.29 is 76.2 Å². The number of nitrogens with one attached hydrogen (secondary N) is 2. The van der Waals surface area contributed by atoms with E-state index in [1.54, 1.807) is 121 Å². The summed E-state index contributed by atoms with van der Waals surface area (Å²) in [6.07, 6.45) is 0. The van der Waals surface area contributed by atoms with Gasteiger partial charge in [0, 0.05) is 89.6 Å². The highest BCUT2D eigenvalue weighted by atomic mass is 16.5. The largest absolute Gasteiger partial charge is 0.477 e. The molecule has 0 amide bonds. The third-order valence-electron chi connectivity index (χ3n) is 16.4. The fraction of sp³-hybridized carbons (Fsp3) is 0. The smallest absolute Gasteiger partial charge is 0.351 e. The number of carbonyl (C=O) groups is 4. The summed E-state index contributed by atoms with van der Waals surface area (Å²) in [5.41, 5.74) is -3.39. The van der Waals surface area contributed by atoms with E-state index in [1.807, 2.05) is 0 Å². The number of hydrogen-bond donors (Lipinski definition) is 6. The van der Waals surface area contributed by atoms with Crippen LogP contribution >= 0.6 is 0 Å². The molecule has 0 radical (unpaired) electrons. The van der Waals surface area contributed by atoms with Crippen molar-refractivity contribution in [2.75, 3.05) is 0 Å². The van der Waals surface area contributed by atoms with Gasteiger partial charge in [-0.3, -0.25) is 0 Å². The van der Waals surface area contributed by atoms with Crippen molar-refractivity contribution in [1.29, 1.82) is 0 Å². The molecule has 6 N–H and O–H groups in total. The van der Waals surface area contributed by atoms with Gasteiger partial charge in [-0.05, 0) is 146 Å². The third kappa shape index (κ3) is 10.3. The van der Waals surface area contributed by atoms with Crippen LogP contribution in [0.25, 0.3) is 134 Å². The predicted molar refractivity (Wildman–Crippen MR) is 354 cm³/mol. The highest BCUT2D eigenvalue weighted by Crippen LogP contribution is 2.43. The van der Waals surface area contributed by atoms with Gasteiger partial charge in [-0.15, -0.1) is 0 Å². The Kier molecular flexibility index (Phi) is 13.1.